The fraction of sp³-hybridized carbons (Fsp3) is 0.714. The number of halogens is 1. The first-order valence-corrected chi connectivity index (χ1v) is 10.8. The van der Waals surface area contributed by atoms with Crippen LogP contribution in [0.15, 0.2) is 24.3 Å². The summed E-state index contributed by atoms with van der Waals surface area (Å²) in [5.74, 6) is -2.69. The van der Waals surface area contributed by atoms with Crippen molar-refractivity contribution >= 4 is 5.69 Å². The Bertz CT molecular complexity index is 804. The third-order valence-electron chi connectivity index (χ3n) is 6.78. The lowest BCUT2D eigenvalue weighted by Gasteiger charge is -2.60. The van der Waals surface area contributed by atoms with E-state index in [2.05, 4.69) is 16.0 Å². The molecule has 0 amide bonds. The predicted octanol–water partition coefficient (Wildman–Crippen LogP) is -1.51. The molecule has 2 saturated heterocycles. The Kier molecular flexibility index (Phi) is 6.49. The lowest BCUT2D eigenvalue weighted by molar-refractivity contribution is -0.481. The van der Waals surface area contributed by atoms with Crippen LogP contribution in [0, 0.1) is 5.82 Å². The monoisotopic (exact) mass is 457 g/mol. The molecule has 2 aliphatic heterocycles. The molecule has 1 saturated carbocycles. The van der Waals surface area contributed by atoms with Gasteiger partial charge in [-0.15, -0.1) is 0 Å². The molecule has 0 radical (unpaired) electrons. The smallest absolute Gasteiger partial charge is 0.250 e. The van der Waals surface area contributed by atoms with Crippen LogP contribution >= 0.6 is 0 Å². The molecule has 0 aromatic heterocycles. The van der Waals surface area contributed by atoms with Gasteiger partial charge in [0.25, 0.3) is 0 Å². The Morgan fingerprint density at radius 3 is 2.28 bits per heavy atom. The van der Waals surface area contributed by atoms with Crippen molar-refractivity contribution in [3.05, 3.63) is 30.1 Å². The molecule has 1 aliphatic carbocycles. The molecule has 0 spiro atoms. The first kappa shape index (κ1) is 23.7. The summed E-state index contributed by atoms with van der Waals surface area (Å²) in [6.45, 7) is 1.58. The van der Waals surface area contributed by atoms with Crippen molar-refractivity contribution in [1.82, 2.24) is 10.6 Å². The zero-order chi connectivity index (χ0) is 23.3. The Labute approximate surface area is 185 Å². The van der Waals surface area contributed by atoms with E-state index in [-0.39, 0.29) is 13.0 Å². The molecular weight excluding hydrogens is 425 g/mol. The normalized spacial score (nSPS) is 46.2. The highest BCUT2D eigenvalue weighted by atomic mass is 19.1. The molecule has 1 aromatic carbocycles. The maximum Gasteiger partial charge on any atom is 0.250 e. The molecule has 0 bridgehead atoms. The SMILES string of the molecule is CN[C@@H]1[C@H](O)[C@H](NC)[C@H]2O[C@]3(O)[C@H](O[C@@H]2[C@H]1O)O[C@H](C)C[C@@]3(O)CNc1ccc(F)cc1. The maximum absolute atomic E-state index is 13.2. The lowest BCUT2D eigenvalue weighted by Crippen LogP contribution is -2.81. The van der Waals surface area contributed by atoms with E-state index in [9.17, 15) is 24.8 Å². The van der Waals surface area contributed by atoms with Crippen molar-refractivity contribution in [1.29, 1.82) is 0 Å². The van der Waals surface area contributed by atoms with Crippen LogP contribution in [0.1, 0.15) is 13.3 Å². The second-order valence-electron chi connectivity index (χ2n) is 8.86. The second-order valence-corrected chi connectivity index (χ2v) is 8.86. The molecule has 3 fully saturated rings. The van der Waals surface area contributed by atoms with Crippen LogP contribution in [0.25, 0.3) is 0 Å². The van der Waals surface area contributed by atoms with Crippen LogP contribution < -0.4 is 16.0 Å². The summed E-state index contributed by atoms with van der Waals surface area (Å²) >= 11 is 0. The second kappa shape index (κ2) is 8.75. The average Bonchev–Trinajstić information content (AvgIpc) is 2.74. The first-order valence-electron chi connectivity index (χ1n) is 10.8. The molecule has 2 heterocycles. The zero-order valence-electron chi connectivity index (χ0n) is 18.2. The van der Waals surface area contributed by atoms with Gasteiger partial charge < -0.3 is 50.6 Å². The lowest BCUT2D eigenvalue weighted by atomic mass is 9.77. The number of rotatable bonds is 5. The number of ether oxygens (including phenoxy) is 3. The average molecular weight is 457 g/mol. The van der Waals surface area contributed by atoms with E-state index in [1.54, 1.807) is 21.0 Å². The minimum absolute atomic E-state index is 0.0173. The van der Waals surface area contributed by atoms with Gasteiger partial charge in [0.05, 0.1) is 24.3 Å². The molecule has 3 aliphatic rings. The van der Waals surface area contributed by atoms with Gasteiger partial charge in [-0.1, -0.05) is 0 Å². The van der Waals surface area contributed by atoms with Gasteiger partial charge in [-0.05, 0) is 45.3 Å². The number of likely N-dealkylation sites (N-methyl/N-ethyl adjacent to an activating group) is 2. The minimum atomic E-state index is -2.30. The minimum Gasteiger partial charge on any atom is -0.390 e. The van der Waals surface area contributed by atoms with Gasteiger partial charge in [0.1, 0.15) is 29.7 Å². The summed E-state index contributed by atoms with van der Waals surface area (Å²) in [5.41, 5.74) is -1.31. The highest BCUT2D eigenvalue weighted by Crippen LogP contribution is 2.46. The predicted molar refractivity (Wildman–Crippen MR) is 111 cm³/mol. The number of benzene rings is 1. The maximum atomic E-state index is 13.2. The highest BCUT2D eigenvalue weighted by Gasteiger charge is 2.68. The molecule has 180 valence electrons. The standard InChI is InChI=1S/C21H32FN3O7/c1-10-8-20(28,9-25-12-6-4-11(22)5-7-12)21(29)19(30-10)31-18-16(27)13(23-2)15(26)14(24-3)17(18)32-21/h4-7,10,13-19,23-29H,8-9H2,1-3H3/t10-,13-,14+,15+,16+,17-,18-,19+,20-,21-/m1/s1. The van der Waals surface area contributed by atoms with Crippen LogP contribution in [0.3, 0.4) is 0 Å². The fourth-order valence-corrected chi connectivity index (χ4v) is 5.04. The number of fused-ring (bicyclic) bond motifs is 2. The fourth-order valence-electron chi connectivity index (χ4n) is 5.04. The van der Waals surface area contributed by atoms with Crippen LogP contribution in [0.2, 0.25) is 0 Å². The van der Waals surface area contributed by atoms with E-state index < -0.39 is 66.1 Å². The van der Waals surface area contributed by atoms with Crippen molar-refractivity contribution in [3.8, 4) is 0 Å². The molecule has 32 heavy (non-hydrogen) atoms. The molecule has 4 rings (SSSR count). The van der Waals surface area contributed by atoms with Crippen LogP contribution in [-0.2, 0) is 14.2 Å². The van der Waals surface area contributed by atoms with Gasteiger partial charge in [0.2, 0.25) is 12.1 Å². The van der Waals surface area contributed by atoms with E-state index in [1.165, 1.54) is 24.3 Å². The van der Waals surface area contributed by atoms with Gasteiger partial charge in [0.15, 0.2) is 0 Å². The molecule has 7 N–H and O–H groups in total. The van der Waals surface area contributed by atoms with Crippen molar-refractivity contribution in [2.24, 2.45) is 0 Å². The number of hydrogen-bond acceptors (Lipinski definition) is 10. The third kappa shape index (κ3) is 3.81. The van der Waals surface area contributed by atoms with Gasteiger partial charge in [-0.3, -0.25) is 0 Å². The van der Waals surface area contributed by atoms with Crippen LogP contribution in [0.4, 0.5) is 10.1 Å². The van der Waals surface area contributed by atoms with E-state index in [1.807, 2.05) is 0 Å². The van der Waals surface area contributed by atoms with Gasteiger partial charge in [-0.2, -0.15) is 0 Å². The Hall–Kier alpha value is -1.41. The largest absolute Gasteiger partial charge is 0.390 e. The Balaban J connectivity index is 1.62. The molecule has 10 nitrogen and oxygen atoms in total. The Morgan fingerprint density at radius 1 is 1.00 bits per heavy atom. The van der Waals surface area contributed by atoms with Gasteiger partial charge in [-0.25, -0.2) is 4.39 Å². The zero-order valence-corrected chi connectivity index (χ0v) is 18.2. The molecule has 1 aromatic rings. The Morgan fingerprint density at radius 2 is 1.66 bits per heavy atom. The van der Waals surface area contributed by atoms with Crippen LogP contribution in [0.5, 0.6) is 0 Å². The van der Waals surface area contributed by atoms with E-state index in [0.29, 0.717) is 5.69 Å². The molecule has 10 atom stereocenters. The quantitative estimate of drug-likeness (QED) is 0.279. The van der Waals surface area contributed by atoms with Crippen molar-refractivity contribution in [2.45, 2.75) is 73.6 Å². The third-order valence-corrected chi connectivity index (χ3v) is 6.78. The number of aliphatic hydroxyl groups is 4. The van der Waals surface area contributed by atoms with E-state index in [0.717, 1.165) is 0 Å². The summed E-state index contributed by atoms with van der Waals surface area (Å²) < 4.78 is 31.0. The summed E-state index contributed by atoms with van der Waals surface area (Å²) in [6.07, 6.45) is -5.98. The summed E-state index contributed by atoms with van der Waals surface area (Å²) in [5, 5.41) is 53.5. The van der Waals surface area contributed by atoms with Gasteiger partial charge >= 0.3 is 0 Å². The van der Waals surface area contributed by atoms with Crippen molar-refractivity contribution in [2.75, 3.05) is 26.0 Å². The molecule has 11 heteroatoms. The molecule has 0 unspecified atom stereocenters. The highest BCUT2D eigenvalue weighted by molar-refractivity contribution is 5.43. The van der Waals surface area contributed by atoms with Crippen LogP contribution in [-0.4, -0.2) is 101 Å². The van der Waals surface area contributed by atoms with Gasteiger partial charge in [0, 0.05) is 18.7 Å². The topological polar surface area (TPSA) is 145 Å². The summed E-state index contributed by atoms with van der Waals surface area (Å²) in [4.78, 5) is 0. The summed E-state index contributed by atoms with van der Waals surface area (Å²) in [7, 11) is 3.24. The number of hydrogen-bond donors (Lipinski definition) is 7. The van der Waals surface area contributed by atoms with Crippen molar-refractivity contribution < 1.29 is 39.0 Å². The number of nitrogens with one attached hydrogen (secondary N) is 3. The summed E-state index contributed by atoms with van der Waals surface area (Å²) in [6, 6.07) is 4.17. The first-order chi connectivity index (χ1) is 15.1. The van der Waals surface area contributed by atoms with Crippen molar-refractivity contribution in [3.63, 3.8) is 0 Å². The van der Waals surface area contributed by atoms with E-state index >= 15 is 0 Å². The van der Waals surface area contributed by atoms with E-state index in [4.69, 9.17) is 14.2 Å². The molecular formula is C21H32FN3O7. The number of anilines is 1. The number of aliphatic hydroxyl groups excluding tert-OH is 2.